The highest BCUT2D eigenvalue weighted by Crippen LogP contribution is 2.33. The van der Waals surface area contributed by atoms with Crippen molar-refractivity contribution in [3.8, 4) is 11.5 Å². The second kappa shape index (κ2) is 6.46. The summed E-state index contributed by atoms with van der Waals surface area (Å²) in [7, 11) is -2.40. The van der Waals surface area contributed by atoms with Crippen molar-refractivity contribution in [3.63, 3.8) is 0 Å². The third kappa shape index (κ3) is 3.44. The van der Waals surface area contributed by atoms with E-state index in [2.05, 4.69) is 5.10 Å². The van der Waals surface area contributed by atoms with Gasteiger partial charge in [0.1, 0.15) is 11.4 Å². The molecule has 2 aromatic heterocycles. The Morgan fingerprint density at radius 3 is 2.84 bits per heavy atom. The topological polar surface area (TPSA) is 88.4 Å². The number of alkyl halides is 3. The first kappa shape index (κ1) is 18.0. The van der Waals surface area contributed by atoms with Crippen LogP contribution in [0.5, 0.6) is 0 Å². The number of hydrogen-bond donors (Lipinski definition) is 1. The van der Waals surface area contributed by atoms with Crippen molar-refractivity contribution in [1.82, 2.24) is 14.5 Å². The molecule has 0 saturated carbocycles. The Morgan fingerprint density at radius 2 is 2.20 bits per heavy atom. The fraction of sp³-hybridized carbons (Fsp3) is 0.500. The highest BCUT2D eigenvalue weighted by Gasteiger charge is 2.37. The number of H-pyrrole nitrogens is 1. The SMILES string of the molecule is COC[C@@H]1CCCN1S(=O)(=O)c1ccc(-c2cc(C(F)(F)F)[nH]n2)o1. The van der Waals surface area contributed by atoms with E-state index < -0.39 is 21.9 Å². The number of aromatic nitrogens is 2. The van der Waals surface area contributed by atoms with Crippen molar-refractivity contribution in [2.24, 2.45) is 0 Å². The molecule has 7 nitrogen and oxygen atoms in total. The molecule has 1 saturated heterocycles. The van der Waals surface area contributed by atoms with Gasteiger partial charge in [0.2, 0.25) is 5.09 Å². The van der Waals surface area contributed by atoms with Gasteiger partial charge in [0.05, 0.1) is 6.61 Å². The molecule has 1 fully saturated rings. The van der Waals surface area contributed by atoms with Gasteiger partial charge in [-0.15, -0.1) is 0 Å². The maximum Gasteiger partial charge on any atom is 0.432 e. The van der Waals surface area contributed by atoms with Crippen molar-refractivity contribution < 1.29 is 30.7 Å². The highest BCUT2D eigenvalue weighted by molar-refractivity contribution is 7.89. The van der Waals surface area contributed by atoms with Gasteiger partial charge in [-0.3, -0.25) is 5.10 Å². The van der Waals surface area contributed by atoms with Crippen LogP contribution in [-0.2, 0) is 20.9 Å². The molecule has 3 rings (SSSR count). The van der Waals surface area contributed by atoms with Crippen LogP contribution in [0.1, 0.15) is 18.5 Å². The lowest BCUT2D eigenvalue weighted by Crippen LogP contribution is -2.37. The molecule has 0 aliphatic carbocycles. The summed E-state index contributed by atoms with van der Waals surface area (Å²) >= 11 is 0. The molecule has 0 aromatic carbocycles. The molecule has 25 heavy (non-hydrogen) atoms. The van der Waals surface area contributed by atoms with Crippen LogP contribution in [0.15, 0.2) is 27.7 Å². The van der Waals surface area contributed by atoms with E-state index in [1.165, 1.54) is 23.5 Å². The summed E-state index contributed by atoms with van der Waals surface area (Å²) in [5.41, 5.74) is -1.16. The molecule has 0 spiro atoms. The van der Waals surface area contributed by atoms with E-state index in [0.717, 1.165) is 6.07 Å². The number of ether oxygens (including phenoxy) is 1. The first-order chi connectivity index (χ1) is 11.7. The van der Waals surface area contributed by atoms with Gasteiger partial charge in [-0.25, -0.2) is 8.42 Å². The number of hydrogen-bond acceptors (Lipinski definition) is 5. The van der Waals surface area contributed by atoms with E-state index in [-0.39, 0.29) is 29.2 Å². The predicted octanol–water partition coefficient (Wildman–Crippen LogP) is 2.49. The van der Waals surface area contributed by atoms with Gasteiger partial charge in [-0.2, -0.15) is 22.6 Å². The lowest BCUT2D eigenvalue weighted by atomic mass is 10.2. The molecular weight excluding hydrogens is 363 g/mol. The largest absolute Gasteiger partial charge is 0.442 e. The first-order valence-corrected chi connectivity index (χ1v) is 8.91. The summed E-state index contributed by atoms with van der Waals surface area (Å²) in [5.74, 6) is -0.0622. The van der Waals surface area contributed by atoms with Crippen molar-refractivity contribution in [2.45, 2.75) is 30.2 Å². The van der Waals surface area contributed by atoms with Crippen LogP contribution in [0.2, 0.25) is 0 Å². The fourth-order valence-electron chi connectivity index (χ4n) is 2.79. The number of furan rings is 1. The van der Waals surface area contributed by atoms with E-state index in [4.69, 9.17) is 9.15 Å². The van der Waals surface area contributed by atoms with Gasteiger partial charge in [-0.1, -0.05) is 0 Å². The summed E-state index contributed by atoms with van der Waals surface area (Å²) in [5, 5.41) is 5.05. The normalized spacial score (nSPS) is 19.6. The van der Waals surface area contributed by atoms with Crippen LogP contribution < -0.4 is 0 Å². The van der Waals surface area contributed by atoms with Crippen LogP contribution in [-0.4, -0.2) is 49.2 Å². The smallest absolute Gasteiger partial charge is 0.432 e. The summed E-state index contributed by atoms with van der Waals surface area (Å²) in [6.45, 7) is 0.605. The van der Waals surface area contributed by atoms with E-state index >= 15 is 0 Å². The Kier molecular flexibility index (Phi) is 4.64. The highest BCUT2D eigenvalue weighted by atomic mass is 32.2. The zero-order valence-corrected chi connectivity index (χ0v) is 14.0. The minimum atomic E-state index is -4.57. The van der Waals surface area contributed by atoms with E-state index in [1.807, 2.05) is 5.10 Å². The molecule has 0 unspecified atom stereocenters. The Labute approximate surface area is 141 Å². The van der Waals surface area contributed by atoms with E-state index in [1.54, 1.807) is 0 Å². The number of rotatable bonds is 5. The Hall–Kier alpha value is -1.85. The molecule has 1 N–H and O–H groups in total. The molecule has 138 valence electrons. The molecular formula is C14H16F3N3O4S. The Bertz CT molecular complexity index is 844. The summed E-state index contributed by atoms with van der Waals surface area (Å²) in [4.78, 5) is 0. The number of aromatic amines is 1. The summed E-state index contributed by atoms with van der Waals surface area (Å²) < 4.78 is 74.9. The lowest BCUT2D eigenvalue weighted by molar-refractivity contribution is -0.141. The van der Waals surface area contributed by atoms with Crippen LogP contribution in [0.25, 0.3) is 11.5 Å². The molecule has 3 heterocycles. The minimum absolute atomic E-state index is 0.0622. The van der Waals surface area contributed by atoms with Gasteiger partial charge in [0, 0.05) is 19.7 Å². The third-order valence-electron chi connectivity index (χ3n) is 3.96. The maximum absolute atomic E-state index is 12.7. The second-order valence-electron chi connectivity index (χ2n) is 5.65. The van der Waals surface area contributed by atoms with Gasteiger partial charge >= 0.3 is 6.18 Å². The number of nitrogens with one attached hydrogen (secondary N) is 1. The molecule has 1 aliphatic rings. The molecule has 0 radical (unpaired) electrons. The van der Waals surface area contributed by atoms with Gasteiger partial charge in [0.25, 0.3) is 10.0 Å². The zero-order valence-electron chi connectivity index (χ0n) is 13.2. The number of sulfonamides is 1. The van der Waals surface area contributed by atoms with Crippen molar-refractivity contribution >= 4 is 10.0 Å². The maximum atomic E-state index is 12.7. The number of nitrogens with zero attached hydrogens (tertiary/aromatic N) is 2. The van der Waals surface area contributed by atoms with E-state index in [9.17, 15) is 21.6 Å². The fourth-order valence-corrected chi connectivity index (χ4v) is 4.38. The van der Waals surface area contributed by atoms with Gasteiger partial charge in [-0.05, 0) is 31.0 Å². The molecule has 1 aliphatic heterocycles. The quantitative estimate of drug-likeness (QED) is 0.862. The average molecular weight is 379 g/mol. The average Bonchev–Trinajstić information content (AvgIpc) is 3.26. The standard InChI is InChI=1S/C14H16F3N3O4S/c1-23-8-9-3-2-6-20(9)25(21,22)13-5-4-11(24-13)10-7-12(19-18-10)14(15,16)17/h4-5,7,9H,2-3,6,8H2,1H3,(H,18,19)/t9-/m0/s1. The predicted molar refractivity (Wildman–Crippen MR) is 80.1 cm³/mol. The van der Waals surface area contributed by atoms with Crippen molar-refractivity contribution in [1.29, 1.82) is 0 Å². The summed E-state index contributed by atoms with van der Waals surface area (Å²) in [6, 6.07) is 2.98. The summed E-state index contributed by atoms with van der Waals surface area (Å²) in [6.07, 6.45) is -3.19. The molecule has 0 bridgehead atoms. The lowest BCUT2D eigenvalue weighted by Gasteiger charge is -2.21. The number of methoxy groups -OCH3 is 1. The number of halogens is 3. The zero-order chi connectivity index (χ0) is 18.2. The van der Waals surface area contributed by atoms with Crippen molar-refractivity contribution in [3.05, 3.63) is 23.9 Å². The Balaban J connectivity index is 1.87. The molecule has 0 amide bonds. The minimum Gasteiger partial charge on any atom is -0.442 e. The van der Waals surface area contributed by atoms with Crippen LogP contribution in [0.4, 0.5) is 13.2 Å². The molecule has 11 heteroatoms. The van der Waals surface area contributed by atoms with E-state index in [0.29, 0.717) is 19.4 Å². The monoisotopic (exact) mass is 379 g/mol. The second-order valence-corrected chi connectivity index (χ2v) is 7.47. The van der Waals surface area contributed by atoms with Crippen LogP contribution in [0.3, 0.4) is 0 Å². The van der Waals surface area contributed by atoms with Gasteiger partial charge in [0.15, 0.2) is 5.76 Å². The van der Waals surface area contributed by atoms with Crippen molar-refractivity contribution in [2.75, 3.05) is 20.3 Å². The first-order valence-electron chi connectivity index (χ1n) is 7.47. The third-order valence-corrected chi connectivity index (χ3v) is 5.79. The molecule has 2 aromatic rings. The van der Waals surface area contributed by atoms with Crippen LogP contribution >= 0.6 is 0 Å². The van der Waals surface area contributed by atoms with Gasteiger partial charge < -0.3 is 9.15 Å². The van der Waals surface area contributed by atoms with Crippen LogP contribution in [0, 0.1) is 0 Å². The Morgan fingerprint density at radius 1 is 1.44 bits per heavy atom. The molecule has 1 atom stereocenters.